The lowest BCUT2D eigenvalue weighted by Crippen LogP contribution is -2.10. The minimum atomic E-state index is -0.466. The molecule has 0 saturated carbocycles. The van der Waals surface area contributed by atoms with Crippen molar-refractivity contribution in [3.8, 4) is 6.07 Å². The summed E-state index contributed by atoms with van der Waals surface area (Å²) in [5, 5.41) is 12.2. The average molecular weight is 316 g/mol. The molecule has 2 rings (SSSR count). The maximum atomic E-state index is 11.0. The number of halogens is 1. The Hall–Kier alpha value is -2.32. The number of anilines is 2. The number of carbonyl (C=O) groups is 1. The molecule has 5 heteroatoms. The molecule has 0 saturated heterocycles. The van der Waals surface area contributed by atoms with Gasteiger partial charge in [-0.05, 0) is 52.3 Å². The number of benzene rings is 2. The van der Waals surface area contributed by atoms with Crippen molar-refractivity contribution in [2.45, 2.75) is 0 Å². The van der Waals surface area contributed by atoms with Gasteiger partial charge in [0.15, 0.2) is 0 Å². The summed E-state index contributed by atoms with van der Waals surface area (Å²) in [5.41, 5.74) is 7.62. The van der Waals surface area contributed by atoms with Crippen molar-refractivity contribution in [1.29, 1.82) is 5.26 Å². The quantitative estimate of drug-likeness (QED) is 0.913. The predicted molar refractivity (Wildman–Crippen MR) is 77.1 cm³/mol. The summed E-state index contributed by atoms with van der Waals surface area (Å²) in [6.45, 7) is 0. The maximum absolute atomic E-state index is 11.0. The monoisotopic (exact) mass is 315 g/mol. The molecule has 2 aromatic rings. The third kappa shape index (κ3) is 2.92. The van der Waals surface area contributed by atoms with Gasteiger partial charge in [-0.2, -0.15) is 5.26 Å². The summed E-state index contributed by atoms with van der Waals surface area (Å²) in [6, 6.07) is 14.3. The Morgan fingerprint density at radius 1 is 1.21 bits per heavy atom. The van der Waals surface area contributed by atoms with Crippen LogP contribution in [0.3, 0.4) is 0 Å². The van der Waals surface area contributed by atoms with Crippen LogP contribution < -0.4 is 11.1 Å². The molecule has 94 valence electrons. The van der Waals surface area contributed by atoms with Gasteiger partial charge in [-0.1, -0.05) is 6.07 Å². The summed E-state index contributed by atoms with van der Waals surface area (Å²) >= 11 is 3.33. The van der Waals surface area contributed by atoms with Gasteiger partial charge in [-0.15, -0.1) is 0 Å². The second-order valence-electron chi connectivity index (χ2n) is 3.84. The van der Waals surface area contributed by atoms with Crippen LogP contribution in [0.25, 0.3) is 0 Å². The molecule has 0 aliphatic carbocycles. The Kier molecular flexibility index (Phi) is 3.83. The number of hydrogen-bond acceptors (Lipinski definition) is 3. The Bertz CT molecular complexity index is 659. The van der Waals surface area contributed by atoms with Crippen LogP contribution in [0.5, 0.6) is 0 Å². The van der Waals surface area contributed by atoms with Crippen LogP contribution in [0.1, 0.15) is 15.9 Å². The summed E-state index contributed by atoms with van der Waals surface area (Å²) in [5.74, 6) is -0.466. The van der Waals surface area contributed by atoms with E-state index in [1.807, 2.05) is 12.1 Å². The lowest BCUT2D eigenvalue weighted by molar-refractivity contribution is 0.100. The molecular formula is C14H10BrN3O. The molecule has 3 N–H and O–H groups in total. The van der Waals surface area contributed by atoms with Gasteiger partial charge >= 0.3 is 0 Å². The third-order valence-electron chi connectivity index (χ3n) is 2.57. The Morgan fingerprint density at radius 3 is 2.47 bits per heavy atom. The standard InChI is InChI=1S/C14H10BrN3O/c15-12-2-1-3-13(11(12)8-16)18-10-6-4-9(5-7-10)14(17)19/h1-7,18H,(H2,17,19). The van der Waals surface area contributed by atoms with Crippen LogP contribution in [-0.2, 0) is 0 Å². The summed E-state index contributed by atoms with van der Waals surface area (Å²) in [6.07, 6.45) is 0. The molecule has 0 spiro atoms. The number of nitriles is 1. The molecule has 0 aromatic heterocycles. The van der Waals surface area contributed by atoms with Crippen LogP contribution in [0, 0.1) is 11.3 Å². The van der Waals surface area contributed by atoms with Gasteiger partial charge in [0.2, 0.25) is 5.91 Å². The second-order valence-corrected chi connectivity index (χ2v) is 4.70. The highest BCUT2D eigenvalue weighted by molar-refractivity contribution is 9.10. The van der Waals surface area contributed by atoms with E-state index in [9.17, 15) is 4.79 Å². The molecule has 0 heterocycles. The van der Waals surface area contributed by atoms with Gasteiger partial charge in [0.25, 0.3) is 0 Å². The van der Waals surface area contributed by atoms with Gasteiger partial charge in [-0.25, -0.2) is 0 Å². The minimum absolute atomic E-state index is 0.445. The second kappa shape index (κ2) is 5.55. The van der Waals surface area contributed by atoms with Crippen molar-refractivity contribution in [2.24, 2.45) is 5.73 Å². The number of amides is 1. The molecule has 0 fully saturated rings. The van der Waals surface area contributed by atoms with Crippen molar-refractivity contribution in [2.75, 3.05) is 5.32 Å². The van der Waals surface area contributed by atoms with E-state index in [0.29, 0.717) is 16.8 Å². The van der Waals surface area contributed by atoms with Crippen molar-refractivity contribution < 1.29 is 4.79 Å². The first-order chi connectivity index (χ1) is 9.11. The summed E-state index contributed by atoms with van der Waals surface area (Å²) < 4.78 is 0.730. The minimum Gasteiger partial charge on any atom is -0.366 e. The topological polar surface area (TPSA) is 78.9 Å². The molecular weight excluding hydrogens is 306 g/mol. The fraction of sp³-hybridized carbons (Fsp3) is 0. The van der Waals surface area contributed by atoms with Crippen LogP contribution in [0.15, 0.2) is 46.9 Å². The number of hydrogen-bond donors (Lipinski definition) is 2. The van der Waals surface area contributed by atoms with Gasteiger partial charge in [0.05, 0.1) is 11.3 Å². The fourth-order valence-corrected chi connectivity index (χ4v) is 2.07. The first kappa shape index (κ1) is 13.1. The molecule has 19 heavy (non-hydrogen) atoms. The van der Waals surface area contributed by atoms with E-state index < -0.39 is 5.91 Å². The van der Waals surface area contributed by atoms with Crippen LogP contribution >= 0.6 is 15.9 Å². The average Bonchev–Trinajstić information content (AvgIpc) is 2.39. The number of carbonyl (C=O) groups excluding carboxylic acids is 1. The molecule has 2 aromatic carbocycles. The molecule has 0 bridgehead atoms. The van der Waals surface area contributed by atoms with Gasteiger partial charge in [0, 0.05) is 15.7 Å². The van der Waals surface area contributed by atoms with Crippen LogP contribution in [-0.4, -0.2) is 5.91 Å². The smallest absolute Gasteiger partial charge is 0.248 e. The highest BCUT2D eigenvalue weighted by Gasteiger charge is 2.06. The van der Waals surface area contributed by atoms with E-state index >= 15 is 0 Å². The van der Waals surface area contributed by atoms with Crippen molar-refractivity contribution >= 4 is 33.2 Å². The normalized spacial score (nSPS) is 9.68. The first-order valence-electron chi connectivity index (χ1n) is 5.47. The highest BCUT2D eigenvalue weighted by Crippen LogP contribution is 2.26. The SMILES string of the molecule is N#Cc1c(Br)cccc1Nc1ccc(C(N)=O)cc1. The summed E-state index contributed by atoms with van der Waals surface area (Å²) in [7, 11) is 0. The predicted octanol–water partition coefficient (Wildman–Crippen LogP) is 3.16. The molecule has 0 radical (unpaired) electrons. The first-order valence-corrected chi connectivity index (χ1v) is 6.26. The number of nitrogens with one attached hydrogen (secondary N) is 1. The molecule has 0 aliphatic heterocycles. The van der Waals surface area contributed by atoms with E-state index in [4.69, 9.17) is 11.0 Å². The molecule has 4 nitrogen and oxygen atoms in total. The third-order valence-corrected chi connectivity index (χ3v) is 3.23. The van der Waals surface area contributed by atoms with Gasteiger partial charge in [-0.3, -0.25) is 4.79 Å². The zero-order valence-corrected chi connectivity index (χ0v) is 11.4. The van der Waals surface area contributed by atoms with Crippen LogP contribution in [0.2, 0.25) is 0 Å². The lowest BCUT2D eigenvalue weighted by Gasteiger charge is -2.09. The van der Waals surface area contributed by atoms with Crippen LogP contribution in [0.4, 0.5) is 11.4 Å². The van der Waals surface area contributed by atoms with E-state index in [2.05, 4.69) is 27.3 Å². The molecule has 0 unspecified atom stereocenters. The largest absolute Gasteiger partial charge is 0.366 e. The number of nitrogens with two attached hydrogens (primary N) is 1. The Morgan fingerprint density at radius 2 is 1.89 bits per heavy atom. The van der Waals surface area contributed by atoms with E-state index in [1.165, 1.54) is 0 Å². The molecule has 0 aliphatic rings. The fourth-order valence-electron chi connectivity index (χ4n) is 1.62. The molecule has 0 atom stereocenters. The Balaban J connectivity index is 2.29. The number of rotatable bonds is 3. The summed E-state index contributed by atoms with van der Waals surface area (Å²) in [4.78, 5) is 11.0. The van der Waals surface area contributed by atoms with Crippen molar-refractivity contribution in [3.05, 3.63) is 58.1 Å². The lowest BCUT2D eigenvalue weighted by atomic mass is 10.1. The Labute approximate surface area is 119 Å². The van der Waals surface area contributed by atoms with E-state index in [1.54, 1.807) is 30.3 Å². The maximum Gasteiger partial charge on any atom is 0.248 e. The van der Waals surface area contributed by atoms with E-state index in [-0.39, 0.29) is 0 Å². The van der Waals surface area contributed by atoms with Crippen molar-refractivity contribution in [3.63, 3.8) is 0 Å². The zero-order chi connectivity index (χ0) is 13.8. The van der Waals surface area contributed by atoms with Gasteiger partial charge in [0.1, 0.15) is 6.07 Å². The zero-order valence-electron chi connectivity index (χ0n) is 9.85. The van der Waals surface area contributed by atoms with Crippen molar-refractivity contribution in [1.82, 2.24) is 0 Å². The number of nitrogens with zero attached hydrogens (tertiary/aromatic N) is 1. The number of primary amides is 1. The molecule has 1 amide bonds. The van der Waals surface area contributed by atoms with E-state index in [0.717, 1.165) is 10.2 Å². The highest BCUT2D eigenvalue weighted by atomic mass is 79.9. The van der Waals surface area contributed by atoms with Gasteiger partial charge < -0.3 is 11.1 Å².